The van der Waals surface area contributed by atoms with Crippen molar-refractivity contribution in [3.05, 3.63) is 23.6 Å². The summed E-state index contributed by atoms with van der Waals surface area (Å²) in [5.74, 6) is -0.210. The second-order valence-corrected chi connectivity index (χ2v) is 4.01. The molecule has 5 heteroatoms. The summed E-state index contributed by atoms with van der Waals surface area (Å²) in [6.45, 7) is 3.44. The normalized spacial score (nSPS) is 11.7. The molecule has 15 heavy (non-hydrogen) atoms. The predicted molar refractivity (Wildman–Crippen MR) is 54.6 cm³/mol. The Bertz CT molecular complexity index is 337. The van der Waals surface area contributed by atoms with Crippen molar-refractivity contribution in [2.24, 2.45) is 0 Å². The lowest BCUT2D eigenvalue weighted by molar-refractivity contribution is -0.0275. The molecule has 0 saturated heterocycles. The molecule has 0 aliphatic heterocycles. The van der Waals surface area contributed by atoms with Crippen LogP contribution in [0.4, 0.5) is 10.2 Å². The van der Waals surface area contributed by atoms with Crippen LogP contribution in [0.5, 0.6) is 0 Å². The third kappa shape index (κ3) is 4.22. The number of hydrogen-bond donors (Lipinski definition) is 2. The third-order valence-electron chi connectivity index (χ3n) is 1.67. The van der Waals surface area contributed by atoms with Gasteiger partial charge in [0.2, 0.25) is 0 Å². The van der Waals surface area contributed by atoms with E-state index in [1.807, 2.05) is 0 Å². The molecule has 0 saturated carbocycles. The molecule has 0 aromatic carbocycles. The van der Waals surface area contributed by atoms with Crippen molar-refractivity contribution in [1.82, 2.24) is 4.98 Å². The Hall–Kier alpha value is -1.20. The summed E-state index contributed by atoms with van der Waals surface area (Å²) in [6, 6.07) is 1.42. The van der Waals surface area contributed by atoms with Crippen molar-refractivity contribution < 1.29 is 14.2 Å². The van der Waals surface area contributed by atoms with Gasteiger partial charge in [-0.2, -0.15) is 0 Å². The second kappa shape index (κ2) is 4.55. The lowest BCUT2D eigenvalue weighted by Gasteiger charge is -2.17. The molecule has 0 spiro atoms. The van der Waals surface area contributed by atoms with Gasteiger partial charge >= 0.3 is 0 Å². The molecule has 0 radical (unpaired) electrons. The van der Waals surface area contributed by atoms with Gasteiger partial charge < -0.3 is 15.6 Å². The molecule has 1 rings (SSSR count). The van der Waals surface area contributed by atoms with Gasteiger partial charge in [-0.05, 0) is 19.9 Å². The van der Waals surface area contributed by atoms with Crippen LogP contribution in [0.15, 0.2) is 12.3 Å². The van der Waals surface area contributed by atoms with Crippen LogP contribution in [0.2, 0.25) is 0 Å². The number of aliphatic hydroxyl groups is 1. The predicted octanol–water partition coefficient (Wildman–Crippen LogP) is 1.09. The van der Waals surface area contributed by atoms with Crippen LogP contribution in [0.1, 0.15) is 19.4 Å². The van der Waals surface area contributed by atoms with Gasteiger partial charge in [0.15, 0.2) is 0 Å². The molecule has 0 aliphatic rings. The Morgan fingerprint density at radius 1 is 1.60 bits per heavy atom. The van der Waals surface area contributed by atoms with Crippen LogP contribution in [-0.2, 0) is 11.3 Å². The van der Waals surface area contributed by atoms with Crippen LogP contribution >= 0.6 is 0 Å². The average molecular weight is 214 g/mol. The molecule has 0 bridgehead atoms. The molecule has 0 aliphatic carbocycles. The van der Waals surface area contributed by atoms with Crippen molar-refractivity contribution in [3.63, 3.8) is 0 Å². The molecule has 1 heterocycles. The van der Waals surface area contributed by atoms with E-state index in [-0.39, 0.29) is 19.0 Å². The van der Waals surface area contributed by atoms with Crippen LogP contribution < -0.4 is 5.73 Å². The highest BCUT2D eigenvalue weighted by Gasteiger charge is 2.13. The fourth-order valence-corrected chi connectivity index (χ4v) is 1.02. The van der Waals surface area contributed by atoms with E-state index in [1.54, 1.807) is 13.8 Å². The van der Waals surface area contributed by atoms with Crippen LogP contribution in [-0.4, -0.2) is 22.3 Å². The van der Waals surface area contributed by atoms with Gasteiger partial charge in [-0.15, -0.1) is 0 Å². The Morgan fingerprint density at radius 2 is 2.27 bits per heavy atom. The molecule has 3 N–H and O–H groups in total. The molecule has 0 atom stereocenters. The van der Waals surface area contributed by atoms with Crippen LogP contribution in [0, 0.1) is 5.82 Å². The molecule has 4 nitrogen and oxygen atoms in total. The van der Waals surface area contributed by atoms with Gasteiger partial charge in [0, 0.05) is 5.56 Å². The number of nitrogens with two attached hydrogens (primary N) is 1. The van der Waals surface area contributed by atoms with E-state index < -0.39 is 11.4 Å². The van der Waals surface area contributed by atoms with Gasteiger partial charge in [0.05, 0.1) is 25.0 Å². The van der Waals surface area contributed by atoms with E-state index >= 15 is 0 Å². The maximum absolute atomic E-state index is 13.1. The summed E-state index contributed by atoms with van der Waals surface area (Å²) in [6.07, 6.45) is 1.05. The second-order valence-electron chi connectivity index (χ2n) is 4.01. The molecule has 84 valence electrons. The number of pyridine rings is 1. The first kappa shape index (κ1) is 11.9. The number of aromatic nitrogens is 1. The lowest BCUT2D eigenvalue weighted by atomic mass is 10.2. The van der Waals surface area contributed by atoms with Gasteiger partial charge in [-0.1, -0.05) is 0 Å². The summed E-state index contributed by atoms with van der Waals surface area (Å²) in [5.41, 5.74) is 4.82. The van der Waals surface area contributed by atoms with Gasteiger partial charge in [-0.3, -0.25) is 0 Å². The largest absolute Gasteiger partial charge is 0.388 e. The molecular formula is C10H15FN2O2. The molecule has 0 fully saturated rings. The molecule has 0 unspecified atom stereocenters. The molecular weight excluding hydrogens is 199 g/mol. The number of nitrogen functional groups attached to an aromatic ring is 1. The zero-order valence-electron chi connectivity index (χ0n) is 8.83. The van der Waals surface area contributed by atoms with Crippen molar-refractivity contribution in [3.8, 4) is 0 Å². The number of hydrogen-bond acceptors (Lipinski definition) is 4. The fraction of sp³-hybridized carbons (Fsp3) is 0.500. The standard InChI is InChI=1S/C10H15FN2O2/c1-10(2,14)6-15-5-7-3-9(12)13-4-8(7)11/h3-4,14H,5-6H2,1-2H3,(H2,12,13). The summed E-state index contributed by atoms with van der Waals surface area (Å²) >= 11 is 0. The van der Waals surface area contributed by atoms with Gasteiger partial charge in [0.25, 0.3) is 0 Å². The van der Waals surface area contributed by atoms with E-state index in [0.29, 0.717) is 5.56 Å². The highest BCUT2D eigenvalue weighted by Crippen LogP contribution is 2.11. The van der Waals surface area contributed by atoms with Crippen LogP contribution in [0.3, 0.4) is 0 Å². The quantitative estimate of drug-likeness (QED) is 0.787. The fourth-order valence-electron chi connectivity index (χ4n) is 1.02. The van der Waals surface area contributed by atoms with Crippen molar-refractivity contribution in [2.75, 3.05) is 12.3 Å². The highest BCUT2D eigenvalue weighted by atomic mass is 19.1. The lowest BCUT2D eigenvalue weighted by Crippen LogP contribution is -2.25. The zero-order chi connectivity index (χ0) is 11.5. The van der Waals surface area contributed by atoms with Gasteiger partial charge in [-0.25, -0.2) is 9.37 Å². The van der Waals surface area contributed by atoms with Crippen molar-refractivity contribution >= 4 is 5.82 Å². The summed E-state index contributed by atoms with van der Waals surface area (Å²) in [7, 11) is 0. The van der Waals surface area contributed by atoms with E-state index in [2.05, 4.69) is 4.98 Å². The van der Waals surface area contributed by atoms with Crippen LogP contribution in [0.25, 0.3) is 0 Å². The number of rotatable bonds is 4. The summed E-state index contributed by atoms with van der Waals surface area (Å²) < 4.78 is 18.3. The van der Waals surface area contributed by atoms with E-state index in [1.165, 1.54) is 6.07 Å². The Morgan fingerprint density at radius 3 is 2.87 bits per heavy atom. The Kier molecular flexibility index (Phi) is 3.60. The number of ether oxygens (including phenoxy) is 1. The molecule has 1 aromatic heterocycles. The smallest absolute Gasteiger partial charge is 0.147 e. The molecule has 1 aromatic rings. The van der Waals surface area contributed by atoms with E-state index in [9.17, 15) is 9.50 Å². The average Bonchev–Trinajstić information content (AvgIpc) is 2.09. The summed E-state index contributed by atoms with van der Waals surface area (Å²) in [5, 5.41) is 9.36. The number of halogens is 1. The van der Waals surface area contributed by atoms with E-state index in [0.717, 1.165) is 6.20 Å². The Balaban J connectivity index is 2.54. The minimum absolute atomic E-state index is 0.0720. The minimum Gasteiger partial charge on any atom is -0.388 e. The maximum atomic E-state index is 13.1. The first-order chi connectivity index (χ1) is 6.88. The minimum atomic E-state index is -0.922. The SMILES string of the molecule is CC(C)(O)COCc1cc(N)ncc1F. The maximum Gasteiger partial charge on any atom is 0.147 e. The summed E-state index contributed by atoms with van der Waals surface area (Å²) in [4.78, 5) is 3.59. The first-order valence-electron chi connectivity index (χ1n) is 4.58. The van der Waals surface area contributed by atoms with E-state index in [4.69, 9.17) is 10.5 Å². The number of nitrogens with zero attached hydrogens (tertiary/aromatic N) is 1. The number of anilines is 1. The first-order valence-corrected chi connectivity index (χ1v) is 4.58. The topological polar surface area (TPSA) is 68.4 Å². The van der Waals surface area contributed by atoms with Gasteiger partial charge in [0.1, 0.15) is 11.6 Å². The third-order valence-corrected chi connectivity index (χ3v) is 1.67. The highest BCUT2D eigenvalue weighted by molar-refractivity contribution is 5.32. The van der Waals surface area contributed by atoms with Crippen molar-refractivity contribution in [2.45, 2.75) is 26.1 Å². The van der Waals surface area contributed by atoms with Crippen molar-refractivity contribution in [1.29, 1.82) is 0 Å². The Labute approximate surface area is 87.9 Å². The molecule has 0 amide bonds. The monoisotopic (exact) mass is 214 g/mol. The zero-order valence-corrected chi connectivity index (χ0v) is 8.83.